The third-order valence-electron chi connectivity index (χ3n) is 0.523. The zero-order chi connectivity index (χ0) is 8.69. The Labute approximate surface area is 95.1 Å². The monoisotopic (exact) mass is 206 g/mol. The summed E-state index contributed by atoms with van der Waals surface area (Å²) in [6.45, 7) is -1.33. The zero-order valence-corrected chi connectivity index (χ0v) is 9.00. The molecule has 0 unspecified atom stereocenters. The number of rotatable bonds is 5. The second kappa shape index (κ2) is 9.24. The summed E-state index contributed by atoms with van der Waals surface area (Å²) in [4.78, 5) is 27.8. The van der Waals surface area contributed by atoms with E-state index in [9.17, 15) is 14.7 Å². The maximum absolute atomic E-state index is 10.1. The van der Waals surface area contributed by atoms with Gasteiger partial charge in [0.05, 0.1) is 5.97 Å². The number of hydrogen-bond acceptors (Lipinski definition) is 6. The summed E-state index contributed by atoms with van der Waals surface area (Å²) in [6, 6.07) is 0. The minimum atomic E-state index is -1.45. The molecule has 0 heterocycles. The van der Waals surface area contributed by atoms with Crippen LogP contribution in [0.25, 0.3) is 0 Å². The molecule has 0 aliphatic heterocycles. The van der Waals surface area contributed by atoms with Crippen molar-refractivity contribution in [1.29, 1.82) is 0 Å². The minimum Gasteiger partial charge on any atom is -0.547 e. The Hall–Kier alpha value is 0.150. The van der Waals surface area contributed by atoms with Gasteiger partial charge in [-0.1, -0.05) is 0 Å². The van der Waals surface area contributed by atoms with Crippen LogP contribution in [-0.2, 0) is 23.7 Å². The van der Waals surface area contributed by atoms with Crippen molar-refractivity contribution in [3.8, 4) is 0 Å². The van der Waals surface area contributed by atoms with Gasteiger partial charge in [-0.25, -0.2) is 14.6 Å². The van der Waals surface area contributed by atoms with Crippen LogP contribution in [0.5, 0.6) is 0 Å². The van der Waals surface area contributed by atoms with Crippen molar-refractivity contribution >= 4 is 23.8 Å². The molecule has 0 aromatic rings. The van der Waals surface area contributed by atoms with E-state index < -0.39 is 25.2 Å². The molecule has 0 N–H and O–H groups in total. The maximum Gasteiger partial charge on any atom is 1.00 e. The van der Waals surface area contributed by atoms with Crippen molar-refractivity contribution in [1.82, 2.24) is 0 Å². The molecule has 0 aliphatic rings. The molecule has 8 heteroatoms. The van der Waals surface area contributed by atoms with Gasteiger partial charge in [0.2, 0.25) is 0 Å². The number of hydrogen-bond donors (Lipinski definition) is 0. The Kier molecular flexibility index (Phi) is 11.3. The topological polar surface area (TPSA) is 84.9 Å². The first kappa shape index (κ1) is 14.7. The molecule has 0 radical (unpaired) electrons. The molecule has 0 saturated carbocycles. The average Bonchev–Trinajstić information content (AvgIpc) is 1.97. The number of carbonyl (C=O) groups excluding carboxylic acids is 2. The largest absolute Gasteiger partial charge is 1.00 e. The molecular formula is C4H4ClNaO6. The molecule has 0 fully saturated rings. The Morgan fingerprint density at radius 2 is 1.75 bits per heavy atom. The molecule has 0 atom stereocenters. The second-order valence-corrected chi connectivity index (χ2v) is 1.50. The van der Waals surface area contributed by atoms with Crippen molar-refractivity contribution in [2.24, 2.45) is 0 Å². The first-order valence-electron chi connectivity index (χ1n) is 2.42. The Morgan fingerprint density at radius 1 is 1.25 bits per heavy atom. The van der Waals surface area contributed by atoms with Gasteiger partial charge >= 0.3 is 35.5 Å². The molecular weight excluding hydrogens is 202 g/mol. The zero-order valence-electron chi connectivity index (χ0n) is 6.24. The van der Waals surface area contributed by atoms with Crippen LogP contribution in [0, 0.1) is 0 Å². The molecule has 0 rings (SSSR count). The van der Waals surface area contributed by atoms with E-state index in [1.54, 1.807) is 0 Å². The average molecular weight is 207 g/mol. The number of carboxylic acids is 1. The summed E-state index contributed by atoms with van der Waals surface area (Å²) in [7, 11) is 0. The van der Waals surface area contributed by atoms with Gasteiger partial charge in [0, 0.05) is 0 Å². The summed E-state index contributed by atoms with van der Waals surface area (Å²) >= 11 is 4.58. The van der Waals surface area contributed by atoms with Crippen molar-refractivity contribution in [3.63, 3.8) is 0 Å². The van der Waals surface area contributed by atoms with E-state index in [2.05, 4.69) is 25.9 Å². The van der Waals surface area contributed by atoms with Crippen molar-refractivity contribution in [3.05, 3.63) is 0 Å². The summed E-state index contributed by atoms with van der Waals surface area (Å²) in [5.41, 5.74) is 0. The van der Waals surface area contributed by atoms with Crippen LogP contribution in [0.2, 0.25) is 0 Å². The molecule has 6 nitrogen and oxygen atoms in total. The van der Waals surface area contributed by atoms with Gasteiger partial charge in [-0.15, -0.1) is 0 Å². The van der Waals surface area contributed by atoms with Crippen molar-refractivity contribution in [2.45, 2.75) is 0 Å². The molecule has 0 bridgehead atoms. The predicted octanol–water partition coefficient (Wildman–Crippen LogP) is -4.61. The number of aliphatic carboxylic acids is 1. The molecule has 0 aromatic heterocycles. The fourth-order valence-corrected chi connectivity index (χ4v) is 0.246. The van der Waals surface area contributed by atoms with E-state index in [4.69, 9.17) is 0 Å². The van der Waals surface area contributed by atoms with E-state index >= 15 is 0 Å². The van der Waals surface area contributed by atoms with E-state index in [1.165, 1.54) is 0 Å². The van der Waals surface area contributed by atoms with Crippen LogP contribution < -0.4 is 34.7 Å². The molecule has 64 valence electrons. The maximum atomic E-state index is 10.1. The van der Waals surface area contributed by atoms with E-state index in [1.807, 2.05) is 0 Å². The predicted molar refractivity (Wildman–Crippen MR) is 28.9 cm³/mol. The first-order chi connectivity index (χ1) is 5.16. The standard InChI is InChI=1S/C4H5ClO6.Na/c5-11-4(8)2-10-9-1-3(6)7;/h1-2H2,(H,6,7);/q;+1/p-1. The quantitative estimate of drug-likeness (QED) is 0.195. The van der Waals surface area contributed by atoms with E-state index in [-0.39, 0.29) is 29.6 Å². The Bertz CT molecular complexity index is 150. The van der Waals surface area contributed by atoms with Crippen LogP contribution in [-0.4, -0.2) is 25.2 Å². The first-order valence-corrected chi connectivity index (χ1v) is 2.73. The molecule has 0 aliphatic carbocycles. The fraction of sp³-hybridized carbons (Fsp3) is 0.500. The van der Waals surface area contributed by atoms with Crippen LogP contribution in [0.3, 0.4) is 0 Å². The summed E-state index contributed by atoms with van der Waals surface area (Å²) in [5.74, 6) is -2.34. The van der Waals surface area contributed by atoms with Gasteiger partial charge in [0.1, 0.15) is 18.5 Å². The van der Waals surface area contributed by atoms with Crippen molar-refractivity contribution < 1.29 is 58.3 Å². The SMILES string of the molecule is O=C([O-])COOCC(=O)OCl.[Na+]. The fourth-order valence-electron chi connectivity index (χ4n) is 0.202. The van der Waals surface area contributed by atoms with Gasteiger partial charge in [0.25, 0.3) is 0 Å². The van der Waals surface area contributed by atoms with E-state index in [0.29, 0.717) is 0 Å². The molecule has 0 spiro atoms. The molecule has 0 amide bonds. The van der Waals surface area contributed by atoms with Gasteiger partial charge in [0.15, 0.2) is 6.61 Å². The minimum absolute atomic E-state index is 0. The van der Waals surface area contributed by atoms with Crippen LogP contribution in [0.4, 0.5) is 0 Å². The molecule has 0 aromatic carbocycles. The van der Waals surface area contributed by atoms with Crippen LogP contribution in [0.15, 0.2) is 0 Å². The normalized spacial score (nSPS) is 8.42. The van der Waals surface area contributed by atoms with Crippen LogP contribution >= 0.6 is 11.9 Å². The van der Waals surface area contributed by atoms with Gasteiger partial charge in [-0.05, 0) is 0 Å². The Morgan fingerprint density at radius 3 is 2.17 bits per heavy atom. The smallest absolute Gasteiger partial charge is 0.547 e. The van der Waals surface area contributed by atoms with E-state index in [0.717, 1.165) is 0 Å². The third-order valence-corrected chi connectivity index (χ3v) is 0.695. The second-order valence-electron chi connectivity index (χ2n) is 1.35. The summed E-state index contributed by atoms with van der Waals surface area (Å²) in [6.07, 6.45) is 0. The number of carbonyl (C=O) groups is 2. The molecule has 0 saturated heterocycles. The number of carboxylic acid groups (broad SMARTS) is 1. The van der Waals surface area contributed by atoms with Gasteiger partial charge in [-0.3, -0.25) is 0 Å². The number of halogens is 1. The summed E-state index contributed by atoms with van der Waals surface area (Å²) in [5, 5.41) is 9.66. The Balaban J connectivity index is 0. The van der Waals surface area contributed by atoms with Gasteiger partial charge in [-0.2, -0.15) is 0 Å². The third kappa shape index (κ3) is 10.2. The van der Waals surface area contributed by atoms with Crippen molar-refractivity contribution in [2.75, 3.05) is 13.2 Å². The summed E-state index contributed by atoms with van der Waals surface area (Å²) < 4.78 is 3.62. The van der Waals surface area contributed by atoms with Crippen LogP contribution in [0.1, 0.15) is 0 Å². The molecule has 12 heavy (non-hydrogen) atoms. The van der Waals surface area contributed by atoms with Gasteiger partial charge < -0.3 is 14.2 Å².